The molecule has 2 aromatic carbocycles. The van der Waals surface area contributed by atoms with Gasteiger partial charge in [0.25, 0.3) is 0 Å². The summed E-state index contributed by atoms with van der Waals surface area (Å²) in [5, 5.41) is 0. The highest BCUT2D eigenvalue weighted by Crippen LogP contribution is 2.23. The second-order valence-electron chi connectivity index (χ2n) is 4.42. The van der Waals surface area contributed by atoms with Gasteiger partial charge in [0, 0.05) is 23.0 Å². The molecule has 0 radical (unpaired) electrons. The molecule has 1 aromatic heterocycles. The summed E-state index contributed by atoms with van der Waals surface area (Å²) < 4.78 is 0. The van der Waals surface area contributed by atoms with Crippen molar-refractivity contribution in [3.8, 4) is 22.5 Å². The van der Waals surface area contributed by atoms with Crippen LogP contribution < -0.4 is 0 Å². The molecule has 0 aliphatic rings. The average molecular weight is 246 g/mol. The Hall–Kier alpha value is -2.48. The Balaban J connectivity index is 2.04. The van der Waals surface area contributed by atoms with E-state index in [0.29, 0.717) is 0 Å². The van der Waals surface area contributed by atoms with E-state index in [0.717, 1.165) is 28.2 Å². The first kappa shape index (κ1) is 11.6. The third kappa shape index (κ3) is 2.38. The van der Waals surface area contributed by atoms with Gasteiger partial charge in [0.15, 0.2) is 5.82 Å². The molecule has 0 fully saturated rings. The summed E-state index contributed by atoms with van der Waals surface area (Å²) in [6.45, 7) is 2.02. The third-order valence-electron chi connectivity index (χ3n) is 3.10. The molecule has 2 nitrogen and oxygen atoms in total. The van der Waals surface area contributed by atoms with Crippen LogP contribution in [-0.2, 0) is 0 Å². The van der Waals surface area contributed by atoms with Crippen molar-refractivity contribution >= 4 is 0 Å². The molecule has 19 heavy (non-hydrogen) atoms. The molecule has 0 atom stereocenters. The Morgan fingerprint density at radius 3 is 1.89 bits per heavy atom. The van der Waals surface area contributed by atoms with Crippen LogP contribution in [0.2, 0.25) is 0 Å². The number of aromatic nitrogens is 2. The van der Waals surface area contributed by atoms with Crippen molar-refractivity contribution in [1.29, 1.82) is 0 Å². The van der Waals surface area contributed by atoms with Crippen LogP contribution in [0.15, 0.2) is 66.9 Å². The van der Waals surface area contributed by atoms with Crippen molar-refractivity contribution < 1.29 is 0 Å². The van der Waals surface area contributed by atoms with E-state index >= 15 is 0 Å². The minimum absolute atomic E-state index is 0.776. The second kappa shape index (κ2) is 5.02. The zero-order chi connectivity index (χ0) is 13.1. The zero-order valence-corrected chi connectivity index (χ0v) is 10.7. The van der Waals surface area contributed by atoms with Crippen LogP contribution in [0.5, 0.6) is 0 Å². The van der Waals surface area contributed by atoms with Crippen LogP contribution in [0.25, 0.3) is 22.5 Å². The number of nitrogens with zero attached hydrogens (tertiary/aromatic N) is 2. The van der Waals surface area contributed by atoms with Gasteiger partial charge in [-0.05, 0) is 12.5 Å². The van der Waals surface area contributed by atoms with Crippen molar-refractivity contribution in [3.05, 3.63) is 72.6 Å². The molecular formula is C17H14N2. The van der Waals surface area contributed by atoms with Crippen LogP contribution in [0, 0.1) is 6.92 Å². The highest BCUT2D eigenvalue weighted by Gasteiger charge is 2.06. The molecule has 0 N–H and O–H groups in total. The molecule has 0 bridgehead atoms. The molecule has 1 heterocycles. The first-order chi connectivity index (χ1) is 9.34. The molecular weight excluding hydrogens is 232 g/mol. The quantitative estimate of drug-likeness (QED) is 0.679. The molecule has 0 amide bonds. The highest BCUT2D eigenvalue weighted by atomic mass is 14.9. The van der Waals surface area contributed by atoms with Crippen LogP contribution >= 0.6 is 0 Å². The van der Waals surface area contributed by atoms with E-state index in [4.69, 9.17) is 0 Å². The van der Waals surface area contributed by atoms with Crippen molar-refractivity contribution in [3.63, 3.8) is 0 Å². The van der Waals surface area contributed by atoms with Crippen LogP contribution in [0.4, 0.5) is 0 Å². The monoisotopic (exact) mass is 246 g/mol. The maximum atomic E-state index is 4.61. The maximum Gasteiger partial charge on any atom is 0.159 e. The predicted octanol–water partition coefficient (Wildman–Crippen LogP) is 4.12. The summed E-state index contributed by atoms with van der Waals surface area (Å²) in [6, 6.07) is 20.3. The van der Waals surface area contributed by atoms with Gasteiger partial charge in [-0.15, -0.1) is 0 Å². The van der Waals surface area contributed by atoms with E-state index in [-0.39, 0.29) is 0 Å². The normalized spacial score (nSPS) is 10.4. The molecule has 3 rings (SSSR count). The Morgan fingerprint density at radius 1 is 0.737 bits per heavy atom. The van der Waals surface area contributed by atoms with Gasteiger partial charge in [0.05, 0.1) is 0 Å². The van der Waals surface area contributed by atoms with Gasteiger partial charge in [-0.25, -0.2) is 9.97 Å². The van der Waals surface area contributed by atoms with E-state index in [9.17, 15) is 0 Å². The van der Waals surface area contributed by atoms with E-state index in [1.165, 1.54) is 0 Å². The Labute approximate surface area is 112 Å². The van der Waals surface area contributed by atoms with Gasteiger partial charge in [-0.3, -0.25) is 0 Å². The van der Waals surface area contributed by atoms with Crippen molar-refractivity contribution in [1.82, 2.24) is 9.97 Å². The van der Waals surface area contributed by atoms with Gasteiger partial charge in [-0.2, -0.15) is 0 Å². The third-order valence-corrected chi connectivity index (χ3v) is 3.10. The minimum atomic E-state index is 0.776. The van der Waals surface area contributed by atoms with Gasteiger partial charge in [0.1, 0.15) is 0 Å². The number of aryl methyl sites for hydroxylation is 1. The van der Waals surface area contributed by atoms with E-state index in [1.54, 1.807) is 0 Å². The number of hydrogen-bond acceptors (Lipinski definition) is 2. The lowest BCUT2D eigenvalue weighted by molar-refractivity contribution is 1.11. The Morgan fingerprint density at radius 2 is 1.32 bits per heavy atom. The van der Waals surface area contributed by atoms with Gasteiger partial charge >= 0.3 is 0 Å². The smallest absolute Gasteiger partial charge is 0.159 e. The largest absolute Gasteiger partial charge is 0.236 e. The van der Waals surface area contributed by atoms with E-state index in [2.05, 4.69) is 22.1 Å². The summed E-state index contributed by atoms with van der Waals surface area (Å²) in [5.41, 5.74) is 4.28. The molecule has 0 unspecified atom stereocenters. The van der Waals surface area contributed by atoms with Crippen LogP contribution in [-0.4, -0.2) is 9.97 Å². The molecule has 0 spiro atoms. The SMILES string of the molecule is Cc1nc(-c2ccccc2)ncc1-c1ccccc1. The molecule has 92 valence electrons. The van der Waals surface area contributed by atoms with Crippen LogP contribution in [0.1, 0.15) is 5.69 Å². The highest BCUT2D eigenvalue weighted by molar-refractivity contribution is 5.66. The summed E-state index contributed by atoms with van der Waals surface area (Å²) in [5.74, 6) is 0.776. The Bertz CT molecular complexity index is 676. The van der Waals surface area contributed by atoms with Crippen molar-refractivity contribution in [2.45, 2.75) is 6.92 Å². The number of rotatable bonds is 2. The lowest BCUT2D eigenvalue weighted by Crippen LogP contribution is -1.94. The maximum absolute atomic E-state index is 4.61. The lowest BCUT2D eigenvalue weighted by Gasteiger charge is -2.07. The van der Waals surface area contributed by atoms with E-state index < -0.39 is 0 Å². The summed E-state index contributed by atoms with van der Waals surface area (Å²) in [6.07, 6.45) is 1.90. The van der Waals surface area contributed by atoms with Crippen molar-refractivity contribution in [2.24, 2.45) is 0 Å². The first-order valence-corrected chi connectivity index (χ1v) is 6.29. The molecule has 2 heteroatoms. The average Bonchev–Trinajstić information content (AvgIpc) is 2.49. The molecule has 0 saturated heterocycles. The van der Waals surface area contributed by atoms with Gasteiger partial charge in [-0.1, -0.05) is 60.7 Å². The summed E-state index contributed by atoms with van der Waals surface area (Å²) >= 11 is 0. The second-order valence-corrected chi connectivity index (χ2v) is 4.42. The standard InChI is InChI=1S/C17H14N2/c1-13-16(14-8-4-2-5-9-14)12-18-17(19-13)15-10-6-3-7-11-15/h2-12H,1H3. The summed E-state index contributed by atoms with van der Waals surface area (Å²) in [7, 11) is 0. The fraction of sp³-hybridized carbons (Fsp3) is 0.0588. The van der Waals surface area contributed by atoms with E-state index in [1.807, 2.05) is 61.7 Å². The molecule has 0 aliphatic carbocycles. The molecule has 0 aliphatic heterocycles. The van der Waals surface area contributed by atoms with Gasteiger partial charge in [0.2, 0.25) is 0 Å². The topological polar surface area (TPSA) is 25.8 Å². The summed E-state index contributed by atoms with van der Waals surface area (Å²) in [4.78, 5) is 9.08. The minimum Gasteiger partial charge on any atom is -0.236 e. The Kier molecular flexibility index (Phi) is 3.07. The first-order valence-electron chi connectivity index (χ1n) is 6.29. The predicted molar refractivity (Wildman–Crippen MR) is 77.6 cm³/mol. The number of hydrogen-bond donors (Lipinski definition) is 0. The fourth-order valence-electron chi connectivity index (χ4n) is 2.09. The lowest BCUT2D eigenvalue weighted by atomic mass is 10.1. The number of benzene rings is 2. The molecule has 3 aromatic rings. The fourth-order valence-corrected chi connectivity index (χ4v) is 2.09. The van der Waals surface area contributed by atoms with Gasteiger partial charge < -0.3 is 0 Å². The molecule has 0 saturated carbocycles. The van der Waals surface area contributed by atoms with Crippen molar-refractivity contribution in [2.75, 3.05) is 0 Å². The van der Waals surface area contributed by atoms with Crippen LogP contribution in [0.3, 0.4) is 0 Å². The zero-order valence-electron chi connectivity index (χ0n) is 10.7.